The number of nitrogens with one attached hydrogen (secondary N) is 2. The van der Waals surface area contributed by atoms with Crippen molar-refractivity contribution in [2.75, 3.05) is 5.32 Å². The zero-order valence-electron chi connectivity index (χ0n) is 10.5. The van der Waals surface area contributed by atoms with Gasteiger partial charge in [-0.05, 0) is 36.8 Å². The maximum Gasteiger partial charge on any atom is 0.272 e. The number of fused-ring (bicyclic) bond motifs is 1. The number of hydrogen-bond acceptors (Lipinski definition) is 2. The Morgan fingerprint density at radius 2 is 2.05 bits per heavy atom. The van der Waals surface area contributed by atoms with Gasteiger partial charge in [0, 0.05) is 11.9 Å². The number of anilines is 1. The number of benzene rings is 1. The minimum atomic E-state index is -0.160. The van der Waals surface area contributed by atoms with Crippen LogP contribution in [-0.4, -0.2) is 15.9 Å². The van der Waals surface area contributed by atoms with E-state index in [9.17, 15) is 4.79 Å². The number of pyridine rings is 1. The van der Waals surface area contributed by atoms with Gasteiger partial charge in [-0.3, -0.25) is 9.78 Å². The van der Waals surface area contributed by atoms with E-state index in [0.29, 0.717) is 5.69 Å². The summed E-state index contributed by atoms with van der Waals surface area (Å²) in [7, 11) is 0. The molecule has 0 saturated carbocycles. The molecule has 4 heteroatoms. The zero-order valence-corrected chi connectivity index (χ0v) is 10.5. The van der Waals surface area contributed by atoms with E-state index >= 15 is 0 Å². The normalized spacial score (nSPS) is 10.6. The molecule has 1 aromatic carbocycles. The molecule has 0 saturated heterocycles. The molecule has 3 rings (SSSR count). The van der Waals surface area contributed by atoms with Gasteiger partial charge in [-0.1, -0.05) is 18.2 Å². The Balaban J connectivity index is 1.90. The first-order valence-corrected chi connectivity index (χ1v) is 6.05. The van der Waals surface area contributed by atoms with Gasteiger partial charge in [-0.15, -0.1) is 0 Å². The predicted molar refractivity (Wildman–Crippen MR) is 75.2 cm³/mol. The Morgan fingerprint density at radius 3 is 2.84 bits per heavy atom. The third-order valence-electron chi connectivity index (χ3n) is 3.03. The van der Waals surface area contributed by atoms with Gasteiger partial charge in [0.2, 0.25) is 0 Å². The first-order valence-electron chi connectivity index (χ1n) is 6.05. The standard InChI is InChI=1S/C15H13N3O/c1-10-5-2-3-6-11(10)18-15(19)14-9-13-12(17-14)7-4-8-16-13/h2-9,17H,1H3,(H,18,19). The number of carbonyl (C=O) groups excluding carboxylic acids is 1. The van der Waals surface area contributed by atoms with Crippen LogP contribution < -0.4 is 5.32 Å². The van der Waals surface area contributed by atoms with Crippen molar-refractivity contribution in [1.29, 1.82) is 0 Å². The van der Waals surface area contributed by atoms with Gasteiger partial charge < -0.3 is 10.3 Å². The fourth-order valence-electron chi connectivity index (χ4n) is 1.98. The Labute approximate surface area is 110 Å². The van der Waals surface area contributed by atoms with Crippen LogP contribution in [0.25, 0.3) is 11.0 Å². The summed E-state index contributed by atoms with van der Waals surface area (Å²) >= 11 is 0. The zero-order chi connectivity index (χ0) is 13.2. The number of aromatic nitrogens is 2. The molecule has 2 aromatic heterocycles. The number of carbonyl (C=O) groups is 1. The van der Waals surface area contributed by atoms with E-state index in [1.807, 2.05) is 43.3 Å². The Bertz CT molecular complexity index is 713. The van der Waals surface area contributed by atoms with Crippen LogP contribution in [0, 0.1) is 6.92 Å². The SMILES string of the molecule is Cc1ccccc1NC(=O)c1cc2ncccc2[nH]1. The average Bonchev–Trinajstić information content (AvgIpc) is 2.85. The Hall–Kier alpha value is -2.62. The van der Waals surface area contributed by atoms with Crippen molar-refractivity contribution in [3.8, 4) is 0 Å². The molecule has 0 bridgehead atoms. The van der Waals surface area contributed by atoms with Crippen LogP contribution in [0.1, 0.15) is 16.1 Å². The fraction of sp³-hybridized carbons (Fsp3) is 0.0667. The quantitative estimate of drug-likeness (QED) is 0.735. The molecule has 0 spiro atoms. The van der Waals surface area contributed by atoms with E-state index in [4.69, 9.17) is 0 Å². The average molecular weight is 251 g/mol. The Morgan fingerprint density at radius 1 is 1.21 bits per heavy atom. The number of hydrogen-bond donors (Lipinski definition) is 2. The minimum absolute atomic E-state index is 0.160. The summed E-state index contributed by atoms with van der Waals surface area (Å²) in [5.74, 6) is -0.160. The molecule has 2 heterocycles. The molecule has 0 aliphatic rings. The summed E-state index contributed by atoms with van der Waals surface area (Å²) in [5, 5.41) is 2.89. The number of nitrogens with zero attached hydrogens (tertiary/aromatic N) is 1. The summed E-state index contributed by atoms with van der Waals surface area (Å²) in [6.45, 7) is 1.96. The summed E-state index contributed by atoms with van der Waals surface area (Å²) in [5.41, 5.74) is 4.01. The summed E-state index contributed by atoms with van der Waals surface area (Å²) < 4.78 is 0. The second-order valence-corrected chi connectivity index (χ2v) is 4.39. The highest BCUT2D eigenvalue weighted by molar-refractivity contribution is 6.05. The molecule has 0 unspecified atom stereocenters. The first-order chi connectivity index (χ1) is 9.24. The van der Waals surface area contributed by atoms with Gasteiger partial charge in [0.15, 0.2) is 0 Å². The lowest BCUT2D eigenvalue weighted by molar-refractivity contribution is 0.102. The van der Waals surface area contributed by atoms with Crippen molar-refractivity contribution in [3.63, 3.8) is 0 Å². The van der Waals surface area contributed by atoms with Crippen LogP contribution in [-0.2, 0) is 0 Å². The number of para-hydroxylation sites is 1. The second kappa shape index (κ2) is 4.57. The van der Waals surface area contributed by atoms with Crippen molar-refractivity contribution in [1.82, 2.24) is 9.97 Å². The van der Waals surface area contributed by atoms with Crippen molar-refractivity contribution in [2.45, 2.75) is 6.92 Å². The van der Waals surface area contributed by atoms with Crippen LogP contribution in [0.4, 0.5) is 5.69 Å². The molecule has 0 aliphatic carbocycles. The molecule has 0 fully saturated rings. The molecule has 0 aliphatic heterocycles. The highest BCUT2D eigenvalue weighted by Gasteiger charge is 2.10. The molecule has 1 amide bonds. The van der Waals surface area contributed by atoms with Crippen LogP contribution in [0.15, 0.2) is 48.7 Å². The predicted octanol–water partition coefficient (Wildman–Crippen LogP) is 3.12. The number of aryl methyl sites for hydroxylation is 1. The number of H-pyrrole nitrogens is 1. The maximum absolute atomic E-state index is 12.2. The molecule has 4 nitrogen and oxygen atoms in total. The molecular weight excluding hydrogens is 238 g/mol. The van der Waals surface area contributed by atoms with E-state index in [1.54, 1.807) is 12.3 Å². The highest BCUT2D eigenvalue weighted by atomic mass is 16.1. The summed E-state index contributed by atoms with van der Waals surface area (Å²) in [4.78, 5) is 19.4. The second-order valence-electron chi connectivity index (χ2n) is 4.39. The molecule has 3 aromatic rings. The van der Waals surface area contributed by atoms with E-state index in [1.165, 1.54) is 0 Å². The van der Waals surface area contributed by atoms with Gasteiger partial charge in [0.05, 0.1) is 11.0 Å². The smallest absolute Gasteiger partial charge is 0.272 e. The Kier molecular flexibility index (Phi) is 2.76. The van der Waals surface area contributed by atoms with Gasteiger partial charge in [-0.25, -0.2) is 0 Å². The third kappa shape index (κ3) is 2.20. The van der Waals surface area contributed by atoms with E-state index < -0.39 is 0 Å². The largest absolute Gasteiger partial charge is 0.349 e. The van der Waals surface area contributed by atoms with Crippen LogP contribution in [0.5, 0.6) is 0 Å². The fourth-order valence-corrected chi connectivity index (χ4v) is 1.98. The number of aromatic amines is 1. The molecule has 94 valence electrons. The van der Waals surface area contributed by atoms with Gasteiger partial charge in [0.1, 0.15) is 5.69 Å². The van der Waals surface area contributed by atoms with Gasteiger partial charge in [0.25, 0.3) is 5.91 Å². The molecule has 19 heavy (non-hydrogen) atoms. The van der Waals surface area contributed by atoms with Gasteiger partial charge in [-0.2, -0.15) is 0 Å². The molecule has 0 atom stereocenters. The molecule has 0 radical (unpaired) electrons. The highest BCUT2D eigenvalue weighted by Crippen LogP contribution is 2.16. The van der Waals surface area contributed by atoms with Crippen molar-refractivity contribution >= 4 is 22.6 Å². The number of rotatable bonds is 2. The third-order valence-corrected chi connectivity index (χ3v) is 3.03. The van der Waals surface area contributed by atoms with Gasteiger partial charge >= 0.3 is 0 Å². The van der Waals surface area contributed by atoms with Crippen molar-refractivity contribution in [3.05, 3.63) is 59.9 Å². The summed E-state index contributed by atoms with van der Waals surface area (Å²) in [6.07, 6.45) is 1.71. The first kappa shape index (κ1) is 11.5. The summed E-state index contributed by atoms with van der Waals surface area (Å²) in [6, 6.07) is 13.2. The maximum atomic E-state index is 12.2. The molecular formula is C15H13N3O. The van der Waals surface area contributed by atoms with E-state index in [2.05, 4.69) is 15.3 Å². The molecule has 2 N–H and O–H groups in total. The topological polar surface area (TPSA) is 57.8 Å². The lowest BCUT2D eigenvalue weighted by Crippen LogP contribution is -2.12. The van der Waals surface area contributed by atoms with E-state index in [-0.39, 0.29) is 5.91 Å². The monoisotopic (exact) mass is 251 g/mol. The van der Waals surface area contributed by atoms with E-state index in [0.717, 1.165) is 22.3 Å². The number of amides is 1. The van der Waals surface area contributed by atoms with Crippen molar-refractivity contribution < 1.29 is 4.79 Å². The lowest BCUT2D eigenvalue weighted by atomic mass is 10.2. The minimum Gasteiger partial charge on any atom is -0.349 e. The van der Waals surface area contributed by atoms with Crippen LogP contribution in [0.2, 0.25) is 0 Å². The lowest BCUT2D eigenvalue weighted by Gasteiger charge is -2.06. The van der Waals surface area contributed by atoms with Crippen LogP contribution >= 0.6 is 0 Å². The van der Waals surface area contributed by atoms with Crippen molar-refractivity contribution in [2.24, 2.45) is 0 Å². The van der Waals surface area contributed by atoms with Crippen LogP contribution in [0.3, 0.4) is 0 Å².